The van der Waals surface area contributed by atoms with Crippen molar-refractivity contribution in [2.24, 2.45) is 5.92 Å². The fourth-order valence-electron chi connectivity index (χ4n) is 2.78. The first kappa shape index (κ1) is 20.0. The van der Waals surface area contributed by atoms with E-state index < -0.39 is 6.10 Å². The summed E-state index contributed by atoms with van der Waals surface area (Å²) in [6.45, 7) is 8.24. The highest BCUT2D eigenvalue weighted by atomic mass is 16.5. The summed E-state index contributed by atoms with van der Waals surface area (Å²) >= 11 is 0. The van der Waals surface area contributed by atoms with Gasteiger partial charge in [0.1, 0.15) is 11.9 Å². The van der Waals surface area contributed by atoms with Crippen LogP contribution in [0.1, 0.15) is 33.3 Å². The van der Waals surface area contributed by atoms with E-state index in [2.05, 4.69) is 41.7 Å². The van der Waals surface area contributed by atoms with Gasteiger partial charge in [-0.3, -0.25) is 4.79 Å². The third-order valence-electron chi connectivity index (χ3n) is 4.28. The quantitative estimate of drug-likeness (QED) is 0.757. The number of hydrogen-bond donors (Lipinski definition) is 2. The Morgan fingerprint density at radius 1 is 1.00 bits per heavy atom. The second-order valence-electron chi connectivity index (χ2n) is 6.96. The van der Waals surface area contributed by atoms with Gasteiger partial charge in [-0.25, -0.2) is 0 Å². The van der Waals surface area contributed by atoms with Gasteiger partial charge in [-0.2, -0.15) is 0 Å². The van der Waals surface area contributed by atoms with Gasteiger partial charge in [0.25, 0.3) is 0 Å². The summed E-state index contributed by atoms with van der Waals surface area (Å²) in [4.78, 5) is 11.9. The Morgan fingerprint density at radius 3 is 2.04 bits per heavy atom. The third kappa shape index (κ3) is 5.60. The Bertz CT molecular complexity index is 692. The molecule has 0 fully saturated rings. The first-order valence-electron chi connectivity index (χ1n) is 9.21. The molecular formula is C22H29NO3. The number of ether oxygens (including phenoxy) is 1. The minimum absolute atomic E-state index is 0.0350. The number of amides is 1. The van der Waals surface area contributed by atoms with E-state index in [1.54, 1.807) is 0 Å². The lowest BCUT2D eigenvalue weighted by molar-refractivity contribution is -0.132. The van der Waals surface area contributed by atoms with Crippen molar-refractivity contribution in [2.45, 2.75) is 46.3 Å². The fourth-order valence-corrected chi connectivity index (χ4v) is 2.78. The van der Waals surface area contributed by atoms with Crippen molar-refractivity contribution in [3.8, 4) is 16.9 Å². The van der Waals surface area contributed by atoms with Gasteiger partial charge in [-0.1, -0.05) is 50.2 Å². The van der Waals surface area contributed by atoms with Crippen molar-refractivity contribution in [3.05, 3.63) is 54.1 Å². The number of aliphatic hydroxyl groups excluding tert-OH is 1. The maximum atomic E-state index is 11.9. The van der Waals surface area contributed by atoms with Crippen LogP contribution in [0.25, 0.3) is 11.1 Å². The molecule has 2 unspecified atom stereocenters. The van der Waals surface area contributed by atoms with Crippen molar-refractivity contribution in [3.63, 3.8) is 0 Å². The van der Waals surface area contributed by atoms with Gasteiger partial charge in [0.05, 0.1) is 6.61 Å². The molecule has 0 bridgehead atoms. The van der Waals surface area contributed by atoms with E-state index in [-0.39, 0.29) is 17.9 Å². The molecular weight excluding hydrogens is 326 g/mol. The summed E-state index contributed by atoms with van der Waals surface area (Å²) in [5, 5.41) is 12.7. The Morgan fingerprint density at radius 2 is 1.54 bits per heavy atom. The van der Waals surface area contributed by atoms with Crippen LogP contribution in [0.4, 0.5) is 0 Å². The molecule has 0 saturated carbocycles. The fraction of sp³-hybridized carbons (Fsp3) is 0.409. The lowest BCUT2D eigenvalue weighted by Gasteiger charge is -2.19. The first-order chi connectivity index (χ1) is 12.4. The highest BCUT2D eigenvalue weighted by Gasteiger charge is 2.20. The van der Waals surface area contributed by atoms with Crippen LogP contribution in [0, 0.1) is 5.92 Å². The van der Waals surface area contributed by atoms with Gasteiger partial charge in [-0.05, 0) is 55.0 Å². The van der Waals surface area contributed by atoms with E-state index in [1.807, 2.05) is 39.8 Å². The minimum atomic E-state index is -0.959. The molecule has 0 saturated heterocycles. The maximum Gasteiger partial charge on any atom is 0.249 e. The molecule has 26 heavy (non-hydrogen) atoms. The molecule has 0 radical (unpaired) electrons. The molecule has 0 heterocycles. The summed E-state index contributed by atoms with van der Waals surface area (Å²) in [6, 6.07) is 16.3. The van der Waals surface area contributed by atoms with Gasteiger partial charge in [0.2, 0.25) is 5.91 Å². The largest absolute Gasteiger partial charge is 0.494 e. The van der Waals surface area contributed by atoms with Crippen molar-refractivity contribution in [1.29, 1.82) is 0 Å². The van der Waals surface area contributed by atoms with Crippen LogP contribution < -0.4 is 10.1 Å². The molecule has 4 heteroatoms. The Labute approximate surface area is 156 Å². The van der Waals surface area contributed by atoms with Crippen LogP contribution in [-0.4, -0.2) is 29.8 Å². The molecule has 140 valence electrons. The van der Waals surface area contributed by atoms with Crippen LogP contribution in [0.15, 0.2) is 48.5 Å². The van der Waals surface area contributed by atoms with E-state index in [9.17, 15) is 9.90 Å². The molecule has 0 aliphatic rings. The molecule has 0 aliphatic heterocycles. The van der Waals surface area contributed by atoms with Gasteiger partial charge >= 0.3 is 0 Å². The summed E-state index contributed by atoms with van der Waals surface area (Å²) in [7, 11) is 0. The summed E-state index contributed by atoms with van der Waals surface area (Å²) < 4.78 is 5.47. The van der Waals surface area contributed by atoms with Crippen molar-refractivity contribution in [1.82, 2.24) is 5.32 Å². The minimum Gasteiger partial charge on any atom is -0.494 e. The SMILES string of the molecule is CCOc1ccc(-c2ccc(CC(C)NC(=O)C(O)C(C)C)cc2)cc1. The van der Waals surface area contributed by atoms with Crippen molar-refractivity contribution >= 4 is 5.91 Å². The van der Waals surface area contributed by atoms with Crippen LogP contribution >= 0.6 is 0 Å². The topological polar surface area (TPSA) is 58.6 Å². The Hall–Kier alpha value is -2.33. The second kappa shape index (κ2) is 9.39. The van der Waals surface area contributed by atoms with Crippen molar-refractivity contribution in [2.75, 3.05) is 6.61 Å². The molecule has 2 aromatic rings. The predicted molar refractivity (Wildman–Crippen MR) is 105 cm³/mol. The lowest BCUT2D eigenvalue weighted by atomic mass is 10.0. The molecule has 2 atom stereocenters. The molecule has 0 aromatic heterocycles. The summed E-state index contributed by atoms with van der Waals surface area (Å²) in [5.41, 5.74) is 3.43. The third-order valence-corrected chi connectivity index (χ3v) is 4.28. The number of hydrogen-bond acceptors (Lipinski definition) is 3. The molecule has 2 aromatic carbocycles. The monoisotopic (exact) mass is 355 g/mol. The highest BCUT2D eigenvalue weighted by Crippen LogP contribution is 2.23. The van der Waals surface area contributed by atoms with Crippen molar-refractivity contribution < 1.29 is 14.6 Å². The molecule has 2 N–H and O–H groups in total. The summed E-state index contributed by atoms with van der Waals surface area (Å²) in [5.74, 6) is 0.482. The predicted octanol–water partition coefficient (Wildman–Crippen LogP) is 3.82. The molecule has 4 nitrogen and oxygen atoms in total. The molecule has 0 aliphatic carbocycles. The zero-order valence-electron chi connectivity index (χ0n) is 16.0. The number of nitrogens with one attached hydrogen (secondary N) is 1. The number of aliphatic hydroxyl groups is 1. The van der Waals surface area contributed by atoms with Gasteiger partial charge in [-0.15, -0.1) is 0 Å². The van der Waals surface area contributed by atoms with E-state index >= 15 is 0 Å². The zero-order chi connectivity index (χ0) is 19.1. The average molecular weight is 355 g/mol. The van der Waals surface area contributed by atoms with Gasteiger partial charge in [0.15, 0.2) is 0 Å². The highest BCUT2D eigenvalue weighted by molar-refractivity contribution is 5.81. The van der Waals surface area contributed by atoms with Crippen LogP contribution in [-0.2, 0) is 11.2 Å². The van der Waals surface area contributed by atoms with E-state index in [0.717, 1.165) is 28.9 Å². The smallest absolute Gasteiger partial charge is 0.249 e. The Balaban J connectivity index is 1.95. The van der Waals surface area contributed by atoms with Crippen LogP contribution in [0.5, 0.6) is 5.75 Å². The average Bonchev–Trinajstić information content (AvgIpc) is 2.62. The van der Waals surface area contributed by atoms with E-state index in [4.69, 9.17) is 4.74 Å². The molecule has 1 amide bonds. The summed E-state index contributed by atoms with van der Waals surface area (Å²) in [6.07, 6.45) is -0.236. The lowest BCUT2D eigenvalue weighted by Crippen LogP contribution is -2.43. The first-order valence-corrected chi connectivity index (χ1v) is 9.21. The van der Waals surface area contributed by atoms with E-state index in [1.165, 1.54) is 0 Å². The van der Waals surface area contributed by atoms with Crippen LogP contribution in [0.2, 0.25) is 0 Å². The Kier molecular flexibility index (Phi) is 7.22. The maximum absolute atomic E-state index is 11.9. The molecule has 2 rings (SSSR count). The van der Waals surface area contributed by atoms with E-state index in [0.29, 0.717) is 6.61 Å². The van der Waals surface area contributed by atoms with Crippen LogP contribution in [0.3, 0.4) is 0 Å². The standard InChI is InChI=1S/C22H29NO3/c1-5-26-20-12-10-19(11-13-20)18-8-6-17(7-9-18)14-16(4)23-22(25)21(24)15(2)3/h6-13,15-16,21,24H,5,14H2,1-4H3,(H,23,25). The van der Waals surface area contributed by atoms with Gasteiger partial charge < -0.3 is 15.2 Å². The number of carbonyl (C=O) groups is 1. The normalized spacial score (nSPS) is 13.3. The number of carbonyl (C=O) groups excluding carboxylic acids is 1. The molecule has 0 spiro atoms. The van der Waals surface area contributed by atoms with Gasteiger partial charge in [0, 0.05) is 6.04 Å². The number of rotatable bonds is 8. The second-order valence-corrected chi connectivity index (χ2v) is 6.96. The zero-order valence-corrected chi connectivity index (χ0v) is 16.0. The number of benzene rings is 2.